The SMILES string of the molecule is CCNC(CCC(=O)NC(CS)C(=O)NCC(=O)CC)C(=O)OCC. The largest absolute Gasteiger partial charge is 0.465 e. The van der Waals surface area contributed by atoms with Crippen LogP contribution in [0.15, 0.2) is 0 Å². The van der Waals surface area contributed by atoms with Crippen LogP contribution in [0.1, 0.15) is 40.0 Å². The Morgan fingerprint density at radius 1 is 1.08 bits per heavy atom. The molecule has 0 bridgehead atoms. The summed E-state index contributed by atoms with van der Waals surface area (Å²) in [6.07, 6.45) is 0.646. The van der Waals surface area contributed by atoms with Gasteiger partial charge in [0.05, 0.1) is 13.2 Å². The van der Waals surface area contributed by atoms with E-state index in [0.717, 1.165) is 0 Å². The molecular formula is C16H29N3O5S. The van der Waals surface area contributed by atoms with Gasteiger partial charge in [-0.2, -0.15) is 12.6 Å². The van der Waals surface area contributed by atoms with Gasteiger partial charge in [-0.25, -0.2) is 0 Å². The number of carbonyl (C=O) groups excluding carboxylic acids is 4. The van der Waals surface area contributed by atoms with Crippen LogP contribution in [0.2, 0.25) is 0 Å². The second-order valence-corrected chi connectivity index (χ2v) is 5.68. The fraction of sp³-hybridized carbons (Fsp3) is 0.750. The van der Waals surface area contributed by atoms with Gasteiger partial charge < -0.3 is 20.7 Å². The molecule has 0 radical (unpaired) electrons. The van der Waals surface area contributed by atoms with Crippen LogP contribution in [0.4, 0.5) is 0 Å². The summed E-state index contributed by atoms with van der Waals surface area (Å²) >= 11 is 4.05. The summed E-state index contributed by atoms with van der Waals surface area (Å²) in [6, 6.07) is -1.40. The molecule has 2 unspecified atom stereocenters. The van der Waals surface area contributed by atoms with E-state index in [1.165, 1.54) is 0 Å². The van der Waals surface area contributed by atoms with Gasteiger partial charge in [-0.1, -0.05) is 13.8 Å². The van der Waals surface area contributed by atoms with Crippen molar-refractivity contribution >= 4 is 36.2 Å². The molecule has 0 aliphatic carbocycles. The molecule has 2 amide bonds. The highest BCUT2D eigenvalue weighted by atomic mass is 32.1. The molecule has 0 aromatic heterocycles. The molecule has 0 aliphatic rings. The quantitative estimate of drug-likeness (QED) is 0.262. The number of Topliss-reactive ketones (excluding diaryl/α,β-unsaturated/α-hetero) is 1. The van der Waals surface area contributed by atoms with E-state index >= 15 is 0 Å². The molecule has 144 valence electrons. The van der Waals surface area contributed by atoms with Crippen molar-refractivity contribution < 1.29 is 23.9 Å². The van der Waals surface area contributed by atoms with E-state index in [1.807, 2.05) is 6.92 Å². The Morgan fingerprint density at radius 3 is 2.28 bits per heavy atom. The average Bonchev–Trinajstić information content (AvgIpc) is 2.60. The monoisotopic (exact) mass is 375 g/mol. The first kappa shape index (κ1) is 23.4. The van der Waals surface area contributed by atoms with E-state index in [-0.39, 0.29) is 43.4 Å². The van der Waals surface area contributed by atoms with E-state index in [2.05, 4.69) is 28.6 Å². The Balaban J connectivity index is 4.45. The van der Waals surface area contributed by atoms with Gasteiger partial charge in [0.1, 0.15) is 12.1 Å². The highest BCUT2D eigenvalue weighted by molar-refractivity contribution is 7.80. The van der Waals surface area contributed by atoms with Crippen molar-refractivity contribution in [2.24, 2.45) is 0 Å². The van der Waals surface area contributed by atoms with Crippen molar-refractivity contribution in [1.29, 1.82) is 0 Å². The number of likely N-dealkylation sites (N-methyl/N-ethyl adjacent to an activating group) is 1. The molecule has 2 atom stereocenters. The van der Waals surface area contributed by atoms with Gasteiger partial charge in [0, 0.05) is 18.6 Å². The third-order valence-corrected chi connectivity index (χ3v) is 3.74. The smallest absolute Gasteiger partial charge is 0.323 e. The van der Waals surface area contributed by atoms with Crippen molar-refractivity contribution in [3.63, 3.8) is 0 Å². The molecule has 0 rings (SSSR count). The van der Waals surface area contributed by atoms with Crippen molar-refractivity contribution in [2.45, 2.75) is 52.1 Å². The molecule has 0 aromatic carbocycles. The molecule has 0 heterocycles. The molecule has 0 saturated carbocycles. The van der Waals surface area contributed by atoms with E-state index < -0.39 is 24.0 Å². The maximum Gasteiger partial charge on any atom is 0.323 e. The summed E-state index contributed by atoms with van der Waals surface area (Å²) in [5, 5.41) is 7.99. The van der Waals surface area contributed by atoms with Crippen LogP contribution in [0, 0.1) is 0 Å². The summed E-state index contributed by atoms with van der Waals surface area (Å²) in [5.74, 6) is -1.23. The molecule has 3 N–H and O–H groups in total. The maximum absolute atomic E-state index is 12.0. The summed E-state index contributed by atoms with van der Waals surface area (Å²) in [4.78, 5) is 47.0. The average molecular weight is 375 g/mol. The van der Waals surface area contributed by atoms with Crippen molar-refractivity contribution in [1.82, 2.24) is 16.0 Å². The molecule has 0 aliphatic heterocycles. The van der Waals surface area contributed by atoms with Crippen LogP contribution >= 0.6 is 12.6 Å². The fourth-order valence-corrected chi connectivity index (χ4v) is 2.22. The first-order valence-electron chi connectivity index (χ1n) is 8.49. The zero-order chi connectivity index (χ0) is 19.2. The molecule has 9 heteroatoms. The minimum absolute atomic E-state index is 0.0575. The molecule has 0 spiro atoms. The van der Waals surface area contributed by atoms with Crippen LogP contribution in [0.25, 0.3) is 0 Å². The zero-order valence-corrected chi connectivity index (χ0v) is 16.0. The predicted molar refractivity (Wildman–Crippen MR) is 97.4 cm³/mol. The second-order valence-electron chi connectivity index (χ2n) is 5.31. The summed E-state index contributed by atoms with van der Waals surface area (Å²) in [6.45, 7) is 6.04. The Kier molecular flexibility index (Phi) is 12.8. The number of thiol groups is 1. The number of rotatable bonds is 13. The Labute approximate surface area is 154 Å². The first-order chi connectivity index (χ1) is 11.9. The number of carbonyl (C=O) groups is 4. The van der Waals surface area contributed by atoms with Crippen LogP contribution < -0.4 is 16.0 Å². The molecular weight excluding hydrogens is 346 g/mol. The highest BCUT2D eigenvalue weighted by Gasteiger charge is 2.23. The van der Waals surface area contributed by atoms with E-state index in [4.69, 9.17) is 4.74 Å². The molecule has 8 nitrogen and oxygen atoms in total. The van der Waals surface area contributed by atoms with Gasteiger partial charge >= 0.3 is 5.97 Å². The van der Waals surface area contributed by atoms with Gasteiger partial charge in [-0.15, -0.1) is 0 Å². The van der Waals surface area contributed by atoms with Gasteiger partial charge in [0.2, 0.25) is 11.8 Å². The zero-order valence-electron chi connectivity index (χ0n) is 15.1. The molecule has 0 fully saturated rings. The van der Waals surface area contributed by atoms with Gasteiger partial charge in [-0.3, -0.25) is 19.2 Å². The lowest BCUT2D eigenvalue weighted by atomic mass is 10.1. The Morgan fingerprint density at radius 2 is 1.76 bits per heavy atom. The number of nitrogens with one attached hydrogen (secondary N) is 3. The van der Waals surface area contributed by atoms with Gasteiger partial charge in [-0.05, 0) is 19.9 Å². The van der Waals surface area contributed by atoms with E-state index in [1.54, 1.807) is 13.8 Å². The van der Waals surface area contributed by atoms with E-state index in [9.17, 15) is 19.2 Å². The second kappa shape index (κ2) is 13.7. The number of hydrogen-bond donors (Lipinski definition) is 4. The standard InChI is InChI=1S/C16H29N3O5S/c1-4-11(20)9-18-15(22)13(10-25)19-14(21)8-7-12(17-5-2)16(23)24-6-3/h12-13,17,25H,4-10H2,1-3H3,(H,18,22)(H,19,21). The predicted octanol–water partition coefficient (Wildman–Crippen LogP) is -0.182. The highest BCUT2D eigenvalue weighted by Crippen LogP contribution is 2.02. The Bertz CT molecular complexity index is 459. The topological polar surface area (TPSA) is 114 Å². The minimum Gasteiger partial charge on any atom is -0.465 e. The van der Waals surface area contributed by atoms with Crippen LogP contribution in [-0.2, 0) is 23.9 Å². The van der Waals surface area contributed by atoms with Crippen LogP contribution in [0.3, 0.4) is 0 Å². The first-order valence-corrected chi connectivity index (χ1v) is 9.12. The Hall–Kier alpha value is -1.61. The summed E-state index contributed by atoms with van der Waals surface area (Å²) < 4.78 is 4.95. The van der Waals surface area contributed by atoms with Crippen molar-refractivity contribution in [3.8, 4) is 0 Å². The third kappa shape index (κ3) is 10.1. The maximum atomic E-state index is 12.0. The number of ketones is 1. The van der Waals surface area contributed by atoms with Crippen molar-refractivity contribution in [3.05, 3.63) is 0 Å². The lowest BCUT2D eigenvalue weighted by Crippen LogP contribution is -2.49. The van der Waals surface area contributed by atoms with Crippen LogP contribution in [0.5, 0.6) is 0 Å². The summed E-state index contributed by atoms with van der Waals surface area (Å²) in [5.41, 5.74) is 0. The van der Waals surface area contributed by atoms with Gasteiger partial charge in [0.15, 0.2) is 5.78 Å². The molecule has 0 saturated heterocycles. The number of hydrogen-bond acceptors (Lipinski definition) is 7. The lowest BCUT2D eigenvalue weighted by molar-refractivity contribution is -0.146. The minimum atomic E-state index is -0.833. The molecule has 25 heavy (non-hydrogen) atoms. The van der Waals surface area contributed by atoms with Crippen LogP contribution in [-0.4, -0.2) is 61.1 Å². The van der Waals surface area contributed by atoms with Gasteiger partial charge in [0.25, 0.3) is 0 Å². The normalized spacial score (nSPS) is 12.8. The lowest BCUT2D eigenvalue weighted by Gasteiger charge is -2.18. The molecule has 0 aromatic rings. The van der Waals surface area contributed by atoms with E-state index in [0.29, 0.717) is 13.0 Å². The number of amides is 2. The number of ether oxygens (including phenoxy) is 1. The summed E-state index contributed by atoms with van der Waals surface area (Å²) in [7, 11) is 0. The third-order valence-electron chi connectivity index (χ3n) is 3.37. The van der Waals surface area contributed by atoms with Crippen molar-refractivity contribution in [2.75, 3.05) is 25.4 Å². The number of esters is 1. The fourth-order valence-electron chi connectivity index (χ4n) is 1.96.